The molecular formula is C16H10ClF3N2O3. The zero-order chi connectivity index (χ0) is 18.6. The number of carbonyl (C=O) groups excluding carboxylic acids is 1. The fraction of sp³-hybridized carbons (Fsp3) is 0.188. The summed E-state index contributed by atoms with van der Waals surface area (Å²) in [7, 11) is 0. The van der Waals surface area contributed by atoms with Gasteiger partial charge in [-0.15, -0.1) is 0 Å². The van der Waals surface area contributed by atoms with Gasteiger partial charge in [-0.2, -0.15) is 18.4 Å². The number of benzene rings is 1. The van der Waals surface area contributed by atoms with E-state index in [1.807, 2.05) is 0 Å². The number of nitrogens with zero attached hydrogens (tertiary/aromatic N) is 2. The highest BCUT2D eigenvalue weighted by molar-refractivity contribution is 6.30. The van der Waals surface area contributed by atoms with Gasteiger partial charge < -0.3 is 9.47 Å². The highest BCUT2D eigenvalue weighted by Crippen LogP contribution is 2.35. The SMILES string of the molecule is CCOC(=O)c1cc(C#N)c(Oc2ccc(Cl)cc2)nc1C(F)(F)F. The van der Waals surface area contributed by atoms with Gasteiger partial charge in [0.05, 0.1) is 12.2 Å². The molecule has 0 N–H and O–H groups in total. The molecule has 1 heterocycles. The molecule has 5 nitrogen and oxygen atoms in total. The van der Waals surface area contributed by atoms with E-state index in [1.165, 1.54) is 31.2 Å². The lowest BCUT2D eigenvalue weighted by Gasteiger charge is -2.14. The first-order chi connectivity index (χ1) is 11.8. The van der Waals surface area contributed by atoms with Crippen LogP contribution in [0.1, 0.15) is 28.5 Å². The van der Waals surface area contributed by atoms with Crippen molar-refractivity contribution in [2.45, 2.75) is 13.1 Å². The number of halogens is 4. The predicted molar refractivity (Wildman–Crippen MR) is 81.4 cm³/mol. The van der Waals surface area contributed by atoms with Gasteiger partial charge in [-0.05, 0) is 37.3 Å². The molecule has 25 heavy (non-hydrogen) atoms. The third-order valence-electron chi connectivity index (χ3n) is 2.90. The van der Waals surface area contributed by atoms with Crippen LogP contribution in [0.3, 0.4) is 0 Å². The average Bonchev–Trinajstić information content (AvgIpc) is 2.56. The third kappa shape index (κ3) is 4.39. The van der Waals surface area contributed by atoms with Crippen molar-refractivity contribution in [1.82, 2.24) is 4.98 Å². The average molecular weight is 371 g/mol. The molecule has 0 aliphatic rings. The number of hydrogen-bond acceptors (Lipinski definition) is 5. The minimum absolute atomic E-state index is 0.124. The van der Waals surface area contributed by atoms with Crippen LogP contribution in [-0.4, -0.2) is 17.6 Å². The quantitative estimate of drug-likeness (QED) is 0.736. The predicted octanol–water partition coefficient (Wildman–Crippen LogP) is 4.59. The van der Waals surface area contributed by atoms with Gasteiger partial charge in [0.2, 0.25) is 5.88 Å². The minimum Gasteiger partial charge on any atom is -0.462 e. The van der Waals surface area contributed by atoms with Gasteiger partial charge in [0, 0.05) is 5.02 Å². The van der Waals surface area contributed by atoms with Crippen LogP contribution >= 0.6 is 11.6 Å². The number of ether oxygens (including phenoxy) is 2. The summed E-state index contributed by atoms with van der Waals surface area (Å²) < 4.78 is 49.5. The van der Waals surface area contributed by atoms with Crippen molar-refractivity contribution >= 4 is 17.6 Å². The lowest BCUT2D eigenvalue weighted by atomic mass is 10.1. The van der Waals surface area contributed by atoms with Gasteiger partial charge >= 0.3 is 12.1 Å². The molecule has 0 spiro atoms. The molecule has 0 aliphatic heterocycles. The summed E-state index contributed by atoms with van der Waals surface area (Å²) in [5.41, 5.74) is -2.69. The van der Waals surface area contributed by atoms with E-state index in [1.54, 1.807) is 6.07 Å². The van der Waals surface area contributed by atoms with Crippen molar-refractivity contribution in [2.24, 2.45) is 0 Å². The Bertz CT molecular complexity index is 830. The second-order valence-electron chi connectivity index (χ2n) is 4.62. The molecular weight excluding hydrogens is 361 g/mol. The van der Waals surface area contributed by atoms with Crippen molar-refractivity contribution < 1.29 is 27.4 Å². The highest BCUT2D eigenvalue weighted by Gasteiger charge is 2.39. The maximum absolute atomic E-state index is 13.2. The van der Waals surface area contributed by atoms with Crippen molar-refractivity contribution in [3.63, 3.8) is 0 Å². The lowest BCUT2D eigenvalue weighted by Crippen LogP contribution is -2.18. The maximum atomic E-state index is 13.2. The number of esters is 1. The first-order valence-electron chi connectivity index (χ1n) is 6.89. The van der Waals surface area contributed by atoms with E-state index >= 15 is 0 Å². The molecule has 0 bridgehead atoms. The van der Waals surface area contributed by atoms with Crippen molar-refractivity contribution in [3.8, 4) is 17.7 Å². The fourth-order valence-electron chi connectivity index (χ4n) is 1.85. The molecule has 0 atom stereocenters. The summed E-state index contributed by atoms with van der Waals surface area (Å²) in [6, 6.07) is 8.12. The number of rotatable bonds is 4. The molecule has 2 rings (SSSR count). The monoisotopic (exact) mass is 370 g/mol. The number of hydrogen-bond donors (Lipinski definition) is 0. The topological polar surface area (TPSA) is 72.2 Å². The second-order valence-corrected chi connectivity index (χ2v) is 5.06. The Hall–Kier alpha value is -2.79. The van der Waals surface area contributed by atoms with E-state index in [0.29, 0.717) is 5.02 Å². The van der Waals surface area contributed by atoms with Crippen molar-refractivity contribution in [1.29, 1.82) is 5.26 Å². The Labute approximate surface area is 145 Å². The van der Waals surface area contributed by atoms with Crippen LogP contribution in [0.5, 0.6) is 11.6 Å². The largest absolute Gasteiger partial charge is 0.462 e. The summed E-state index contributed by atoms with van der Waals surface area (Å²) in [6.45, 7) is 1.32. The lowest BCUT2D eigenvalue weighted by molar-refractivity contribution is -0.141. The molecule has 0 radical (unpaired) electrons. The smallest absolute Gasteiger partial charge is 0.434 e. The first-order valence-corrected chi connectivity index (χ1v) is 7.27. The molecule has 130 valence electrons. The van der Waals surface area contributed by atoms with Crippen LogP contribution in [0.15, 0.2) is 30.3 Å². The van der Waals surface area contributed by atoms with E-state index in [9.17, 15) is 18.0 Å². The van der Waals surface area contributed by atoms with Crippen LogP contribution in [0.25, 0.3) is 0 Å². The van der Waals surface area contributed by atoms with Crippen LogP contribution < -0.4 is 4.74 Å². The molecule has 2 aromatic rings. The standard InChI is InChI=1S/C16H10ClF3N2O3/c1-2-24-15(23)12-7-9(8-21)14(22-13(12)16(18,19)20)25-11-5-3-10(17)4-6-11/h3-7H,2H2,1H3. The number of aromatic nitrogens is 1. The van der Waals surface area contributed by atoms with Gasteiger partial charge in [0.15, 0.2) is 5.69 Å². The van der Waals surface area contributed by atoms with E-state index < -0.39 is 29.3 Å². The zero-order valence-corrected chi connectivity index (χ0v) is 13.5. The van der Waals surface area contributed by atoms with Gasteiger partial charge in [-0.25, -0.2) is 9.78 Å². The van der Waals surface area contributed by atoms with E-state index in [-0.39, 0.29) is 17.9 Å². The third-order valence-corrected chi connectivity index (χ3v) is 3.15. The van der Waals surface area contributed by atoms with E-state index in [0.717, 1.165) is 6.07 Å². The molecule has 1 aromatic heterocycles. The molecule has 0 saturated carbocycles. The summed E-state index contributed by atoms with van der Waals surface area (Å²) in [6.07, 6.45) is -4.94. The first kappa shape index (κ1) is 18.5. The number of nitriles is 1. The van der Waals surface area contributed by atoms with Crippen LogP contribution in [0.4, 0.5) is 13.2 Å². The molecule has 0 saturated heterocycles. The number of carbonyl (C=O) groups is 1. The van der Waals surface area contributed by atoms with Gasteiger partial charge in [-0.1, -0.05) is 11.6 Å². The Kier molecular flexibility index (Phi) is 5.49. The zero-order valence-electron chi connectivity index (χ0n) is 12.7. The van der Waals surface area contributed by atoms with Crippen LogP contribution in [0.2, 0.25) is 5.02 Å². The van der Waals surface area contributed by atoms with Crippen LogP contribution in [-0.2, 0) is 10.9 Å². The molecule has 9 heteroatoms. The summed E-state index contributed by atoms with van der Waals surface area (Å²) in [5.74, 6) is -1.67. The highest BCUT2D eigenvalue weighted by atomic mass is 35.5. The Balaban J connectivity index is 2.55. The summed E-state index contributed by atoms with van der Waals surface area (Å²) in [5, 5.41) is 9.54. The Morgan fingerprint density at radius 3 is 2.48 bits per heavy atom. The van der Waals surface area contributed by atoms with Crippen LogP contribution in [0, 0.1) is 11.3 Å². The molecule has 0 fully saturated rings. The molecule has 0 amide bonds. The Morgan fingerprint density at radius 2 is 1.96 bits per heavy atom. The molecule has 0 aliphatic carbocycles. The number of alkyl halides is 3. The molecule has 1 aromatic carbocycles. The number of pyridine rings is 1. The Morgan fingerprint density at radius 1 is 1.32 bits per heavy atom. The van der Waals surface area contributed by atoms with E-state index in [2.05, 4.69) is 9.72 Å². The van der Waals surface area contributed by atoms with Crippen molar-refractivity contribution in [3.05, 3.63) is 52.2 Å². The normalized spacial score (nSPS) is 10.9. The molecule has 0 unspecified atom stereocenters. The van der Waals surface area contributed by atoms with E-state index in [4.69, 9.17) is 21.6 Å². The van der Waals surface area contributed by atoms with Gasteiger partial charge in [0.1, 0.15) is 17.4 Å². The summed E-state index contributed by atoms with van der Waals surface area (Å²) >= 11 is 5.72. The van der Waals surface area contributed by atoms with Gasteiger partial charge in [0.25, 0.3) is 0 Å². The fourth-order valence-corrected chi connectivity index (χ4v) is 1.98. The van der Waals surface area contributed by atoms with Gasteiger partial charge in [-0.3, -0.25) is 0 Å². The van der Waals surface area contributed by atoms with Crippen molar-refractivity contribution in [2.75, 3.05) is 6.61 Å². The second kappa shape index (κ2) is 7.40. The maximum Gasteiger partial charge on any atom is 0.434 e. The minimum atomic E-state index is -4.94. The summed E-state index contributed by atoms with van der Waals surface area (Å²) in [4.78, 5) is 15.1.